The van der Waals surface area contributed by atoms with Crippen molar-refractivity contribution in [3.63, 3.8) is 0 Å². The second kappa shape index (κ2) is 6.57. The van der Waals surface area contributed by atoms with Crippen LogP contribution < -0.4 is 11.2 Å². The maximum atomic E-state index is 12.1. The van der Waals surface area contributed by atoms with Gasteiger partial charge in [0, 0.05) is 20.3 Å². The van der Waals surface area contributed by atoms with Gasteiger partial charge in [0.05, 0.1) is 0 Å². The minimum Gasteiger partial charge on any atom is -0.447 e. The number of anilines is 1. The highest BCUT2D eigenvalue weighted by molar-refractivity contribution is 5.66. The maximum Gasteiger partial charge on any atom is 0.509 e. The van der Waals surface area contributed by atoms with Crippen LogP contribution in [0.3, 0.4) is 0 Å². The summed E-state index contributed by atoms with van der Waals surface area (Å²) in [7, 11) is 3.04. The van der Waals surface area contributed by atoms with Gasteiger partial charge in [-0.25, -0.2) is 14.4 Å². The van der Waals surface area contributed by atoms with Crippen molar-refractivity contribution in [1.82, 2.24) is 14.5 Å². The van der Waals surface area contributed by atoms with Crippen molar-refractivity contribution in [2.24, 2.45) is 0 Å². The number of hydrogen-bond donors (Lipinski definition) is 2. The van der Waals surface area contributed by atoms with E-state index in [1.165, 1.54) is 31.3 Å². The summed E-state index contributed by atoms with van der Waals surface area (Å²) in [5, 5.41) is 8.78. The van der Waals surface area contributed by atoms with Gasteiger partial charge in [0.1, 0.15) is 12.7 Å². The lowest BCUT2D eigenvalue weighted by atomic mass is 10.1. The number of fused-ring (bicyclic) bond motifs is 1. The molecular formula is C13H16N4O8. The Kier molecular flexibility index (Phi) is 4.46. The Labute approximate surface area is 140 Å². The van der Waals surface area contributed by atoms with Gasteiger partial charge in [0.2, 0.25) is 0 Å². The van der Waals surface area contributed by atoms with E-state index < -0.39 is 42.5 Å². The van der Waals surface area contributed by atoms with Crippen molar-refractivity contribution in [2.45, 2.75) is 24.5 Å². The van der Waals surface area contributed by atoms with Crippen LogP contribution in [0.5, 0.6) is 0 Å². The molecule has 0 spiro atoms. The zero-order chi connectivity index (χ0) is 18.1. The molecule has 12 heteroatoms. The molecule has 0 saturated carbocycles. The molecule has 136 valence electrons. The first-order valence-electron chi connectivity index (χ1n) is 7.27. The Balaban J connectivity index is 1.80. The summed E-state index contributed by atoms with van der Waals surface area (Å²) in [6.45, 7) is -0.191. The number of aromatic nitrogens is 2. The average molecular weight is 356 g/mol. The molecule has 2 aliphatic heterocycles. The smallest absolute Gasteiger partial charge is 0.447 e. The zero-order valence-electron chi connectivity index (χ0n) is 13.3. The molecule has 4 atom stereocenters. The Morgan fingerprint density at radius 1 is 1.40 bits per heavy atom. The molecule has 12 nitrogen and oxygen atoms in total. The van der Waals surface area contributed by atoms with E-state index in [-0.39, 0.29) is 12.4 Å². The third kappa shape index (κ3) is 3.21. The van der Waals surface area contributed by atoms with E-state index in [0.717, 1.165) is 4.57 Å². The third-order valence-corrected chi connectivity index (χ3v) is 3.71. The van der Waals surface area contributed by atoms with Crippen LogP contribution in [0.25, 0.3) is 0 Å². The van der Waals surface area contributed by atoms with Gasteiger partial charge in [0.15, 0.2) is 24.3 Å². The molecular weight excluding hydrogens is 340 g/mol. The number of rotatable bonds is 4. The lowest BCUT2D eigenvalue weighted by Gasteiger charge is -2.19. The standard InChI is InChI=1S/C13H16N4O8/c1-16(2)12(19)22-5-6-8-9(25-13(20)24-8)10(23-6)17-4-3-7(15-21)14-11(17)18/h3-4,6,8-10,21H,5H2,1-2H3,(H,14,15,18)/t6-,8-,9-,10-/m1/s1. The van der Waals surface area contributed by atoms with Gasteiger partial charge in [0.25, 0.3) is 0 Å². The van der Waals surface area contributed by atoms with Crippen molar-refractivity contribution in [2.75, 3.05) is 26.2 Å². The molecule has 25 heavy (non-hydrogen) atoms. The van der Waals surface area contributed by atoms with Gasteiger partial charge in [-0.2, -0.15) is 4.98 Å². The molecule has 2 saturated heterocycles. The molecule has 2 aliphatic rings. The van der Waals surface area contributed by atoms with Crippen LogP contribution in [0, 0.1) is 0 Å². The van der Waals surface area contributed by atoms with E-state index in [1.54, 1.807) is 5.48 Å². The van der Waals surface area contributed by atoms with Crippen LogP contribution in [0.15, 0.2) is 17.1 Å². The van der Waals surface area contributed by atoms with Crippen molar-refractivity contribution in [3.8, 4) is 0 Å². The van der Waals surface area contributed by atoms with Crippen LogP contribution in [0.4, 0.5) is 15.4 Å². The predicted octanol–water partition coefficient (Wildman–Crippen LogP) is -0.456. The quantitative estimate of drug-likeness (QED) is 0.538. The van der Waals surface area contributed by atoms with Crippen LogP contribution in [0.2, 0.25) is 0 Å². The number of carbonyl (C=O) groups is 2. The molecule has 3 heterocycles. The van der Waals surface area contributed by atoms with E-state index in [4.69, 9.17) is 24.2 Å². The summed E-state index contributed by atoms with van der Waals surface area (Å²) in [6, 6.07) is 1.33. The molecule has 0 aliphatic carbocycles. The molecule has 1 aromatic heterocycles. The predicted molar refractivity (Wildman–Crippen MR) is 78.0 cm³/mol. The Bertz CT molecular complexity index is 735. The van der Waals surface area contributed by atoms with Gasteiger partial charge >= 0.3 is 17.9 Å². The third-order valence-electron chi connectivity index (χ3n) is 3.71. The van der Waals surface area contributed by atoms with Gasteiger partial charge in [-0.1, -0.05) is 0 Å². The first-order chi connectivity index (χ1) is 11.9. The van der Waals surface area contributed by atoms with E-state index in [1.807, 2.05) is 0 Å². The number of hydrogen-bond acceptors (Lipinski definition) is 10. The highest BCUT2D eigenvalue weighted by atomic mass is 16.8. The number of nitrogens with zero attached hydrogens (tertiary/aromatic N) is 3. The second-order valence-corrected chi connectivity index (χ2v) is 5.57. The molecule has 1 amide bonds. The Hall–Kier alpha value is -2.86. The van der Waals surface area contributed by atoms with E-state index in [9.17, 15) is 14.4 Å². The SMILES string of the molecule is CN(C)C(=O)OC[C@H]1O[C@@H](n2ccc(NO)nc2=O)[C@@H]2OC(=O)O[C@@H]21. The molecule has 0 aromatic carbocycles. The van der Waals surface area contributed by atoms with E-state index in [0.29, 0.717) is 0 Å². The van der Waals surface area contributed by atoms with Crippen molar-refractivity contribution >= 4 is 18.1 Å². The molecule has 0 bridgehead atoms. The second-order valence-electron chi connectivity index (χ2n) is 5.57. The Morgan fingerprint density at radius 3 is 2.76 bits per heavy atom. The first-order valence-corrected chi connectivity index (χ1v) is 7.27. The number of ether oxygens (including phenoxy) is 4. The van der Waals surface area contributed by atoms with E-state index >= 15 is 0 Å². The summed E-state index contributed by atoms with van der Waals surface area (Å²) in [5.74, 6) is -0.0491. The highest BCUT2D eigenvalue weighted by Gasteiger charge is 2.55. The minimum atomic E-state index is -1.01. The maximum absolute atomic E-state index is 12.1. The zero-order valence-corrected chi connectivity index (χ0v) is 13.3. The monoisotopic (exact) mass is 356 g/mol. The van der Waals surface area contributed by atoms with Crippen molar-refractivity contribution in [3.05, 3.63) is 22.7 Å². The fourth-order valence-corrected chi connectivity index (χ4v) is 2.54. The van der Waals surface area contributed by atoms with Crippen molar-refractivity contribution in [1.29, 1.82) is 0 Å². The lowest BCUT2D eigenvalue weighted by Crippen LogP contribution is -2.35. The minimum absolute atomic E-state index is 0.0491. The normalized spacial score (nSPS) is 27.2. The Morgan fingerprint density at radius 2 is 2.12 bits per heavy atom. The van der Waals surface area contributed by atoms with Gasteiger partial charge in [-0.15, -0.1) is 0 Å². The van der Waals surface area contributed by atoms with Crippen LogP contribution in [0.1, 0.15) is 6.23 Å². The van der Waals surface area contributed by atoms with E-state index in [2.05, 4.69) is 4.98 Å². The molecule has 0 radical (unpaired) electrons. The summed E-state index contributed by atoms with van der Waals surface area (Å²) in [5.41, 5.74) is 1.01. The van der Waals surface area contributed by atoms with Crippen LogP contribution >= 0.6 is 0 Å². The average Bonchev–Trinajstić information content (AvgIpc) is 3.10. The molecule has 3 rings (SSSR count). The summed E-state index contributed by atoms with van der Waals surface area (Å²) >= 11 is 0. The van der Waals surface area contributed by atoms with Gasteiger partial charge in [-0.3, -0.25) is 15.3 Å². The summed E-state index contributed by atoms with van der Waals surface area (Å²) in [6.07, 6.45) is -3.73. The van der Waals surface area contributed by atoms with Crippen molar-refractivity contribution < 1.29 is 33.7 Å². The summed E-state index contributed by atoms with van der Waals surface area (Å²) in [4.78, 5) is 39.9. The molecule has 1 aromatic rings. The van der Waals surface area contributed by atoms with Crippen LogP contribution in [-0.4, -0.2) is 70.9 Å². The first kappa shape index (κ1) is 17.0. The number of carbonyl (C=O) groups excluding carboxylic acids is 2. The highest BCUT2D eigenvalue weighted by Crippen LogP contribution is 2.37. The number of amides is 1. The fourth-order valence-electron chi connectivity index (χ4n) is 2.54. The molecule has 2 N–H and O–H groups in total. The summed E-state index contributed by atoms with van der Waals surface area (Å²) < 4.78 is 21.9. The molecule has 2 fully saturated rings. The largest absolute Gasteiger partial charge is 0.509 e. The molecule has 0 unspecified atom stereocenters. The van der Waals surface area contributed by atoms with Gasteiger partial charge in [-0.05, 0) is 6.07 Å². The lowest BCUT2D eigenvalue weighted by molar-refractivity contribution is -0.0763. The van der Waals surface area contributed by atoms with Crippen LogP contribution in [-0.2, 0) is 18.9 Å². The fraction of sp³-hybridized carbons (Fsp3) is 0.538. The number of nitrogens with one attached hydrogen (secondary N) is 1. The van der Waals surface area contributed by atoms with Gasteiger partial charge < -0.3 is 23.8 Å². The topological polar surface area (TPSA) is 141 Å².